The van der Waals surface area contributed by atoms with Crippen LogP contribution in [0.4, 0.5) is 17.1 Å². The lowest BCUT2D eigenvalue weighted by atomic mass is 10.1. The van der Waals surface area contributed by atoms with Crippen molar-refractivity contribution in [2.75, 3.05) is 29.2 Å². The van der Waals surface area contributed by atoms with E-state index in [-0.39, 0.29) is 5.91 Å². The van der Waals surface area contributed by atoms with Crippen molar-refractivity contribution in [3.63, 3.8) is 0 Å². The average Bonchev–Trinajstić information content (AvgIpc) is 2.93. The Morgan fingerprint density at radius 1 is 0.703 bits per heavy atom. The van der Waals surface area contributed by atoms with Gasteiger partial charge < -0.3 is 25.4 Å². The quantitative estimate of drug-likeness (QED) is 0.182. The molecule has 1 aliphatic rings. The first-order chi connectivity index (χ1) is 18.1. The number of thiocarbonyl (C=S) groups is 1. The van der Waals surface area contributed by atoms with Crippen LogP contribution in [0.5, 0.6) is 11.5 Å². The molecule has 3 N–H and O–H groups in total. The summed E-state index contributed by atoms with van der Waals surface area (Å²) in [4.78, 5) is 14.4. The molecule has 0 fully saturated rings. The van der Waals surface area contributed by atoms with Crippen LogP contribution in [0.3, 0.4) is 0 Å². The summed E-state index contributed by atoms with van der Waals surface area (Å²) in [7, 11) is 0. The number of carbonyl (C=O) groups is 1. The Morgan fingerprint density at radius 2 is 1.35 bits per heavy atom. The van der Waals surface area contributed by atoms with Crippen molar-refractivity contribution in [2.24, 2.45) is 0 Å². The maximum Gasteiger partial charge on any atom is 0.242 e. The summed E-state index contributed by atoms with van der Waals surface area (Å²) in [5.74, 6) is 1.18. The molecule has 4 aromatic rings. The number of amides is 1. The molecular formula is C29H25N3O3S2. The molecule has 1 atom stereocenters. The topological polar surface area (TPSA) is 71.6 Å². The zero-order valence-electron chi connectivity index (χ0n) is 19.8. The van der Waals surface area contributed by atoms with Crippen LogP contribution in [0, 0.1) is 0 Å². The Kier molecular flexibility index (Phi) is 7.88. The van der Waals surface area contributed by atoms with E-state index in [1.807, 2.05) is 97.1 Å². The molecule has 37 heavy (non-hydrogen) atoms. The van der Waals surface area contributed by atoms with Crippen molar-refractivity contribution in [1.29, 1.82) is 0 Å². The van der Waals surface area contributed by atoms with E-state index < -0.39 is 5.25 Å². The lowest BCUT2D eigenvalue weighted by Gasteiger charge is -2.20. The summed E-state index contributed by atoms with van der Waals surface area (Å²) in [6.07, 6.45) is 0. The van der Waals surface area contributed by atoms with Crippen LogP contribution in [0.15, 0.2) is 108 Å². The summed E-state index contributed by atoms with van der Waals surface area (Å²) in [6, 6.07) is 32.8. The number of carbonyl (C=O) groups excluding carboxylic acids is 1. The Morgan fingerprint density at radius 3 is 2.14 bits per heavy atom. The number of rotatable bonds is 7. The minimum Gasteiger partial charge on any atom is -0.486 e. The SMILES string of the molecule is O=C(Nc1ccc2c(c1)OCCO2)C(Sc1cccc(NC(=S)Nc2ccccc2)c1)c1ccccc1. The number of anilines is 3. The maximum atomic E-state index is 13.5. The molecule has 4 aromatic carbocycles. The van der Waals surface area contributed by atoms with Crippen molar-refractivity contribution in [2.45, 2.75) is 10.1 Å². The molecule has 1 heterocycles. The lowest BCUT2D eigenvalue weighted by Crippen LogP contribution is -2.20. The van der Waals surface area contributed by atoms with Crippen molar-refractivity contribution in [1.82, 2.24) is 0 Å². The minimum absolute atomic E-state index is 0.132. The number of thioether (sulfide) groups is 1. The fourth-order valence-electron chi connectivity index (χ4n) is 3.83. The number of hydrogen-bond acceptors (Lipinski definition) is 5. The van der Waals surface area contributed by atoms with Crippen LogP contribution in [-0.2, 0) is 4.79 Å². The molecule has 0 spiro atoms. The van der Waals surface area contributed by atoms with Gasteiger partial charge in [0.15, 0.2) is 16.6 Å². The van der Waals surface area contributed by atoms with Gasteiger partial charge in [-0.25, -0.2) is 0 Å². The lowest BCUT2D eigenvalue weighted by molar-refractivity contribution is -0.115. The molecule has 5 rings (SSSR count). The minimum atomic E-state index is -0.473. The second-order valence-corrected chi connectivity index (χ2v) is 9.82. The van der Waals surface area contributed by atoms with Crippen LogP contribution < -0.4 is 25.4 Å². The molecule has 186 valence electrons. The van der Waals surface area contributed by atoms with Crippen molar-refractivity contribution < 1.29 is 14.3 Å². The highest BCUT2D eigenvalue weighted by molar-refractivity contribution is 8.00. The molecule has 0 saturated heterocycles. The molecule has 0 bridgehead atoms. The van der Waals surface area contributed by atoms with Gasteiger partial charge in [-0.2, -0.15) is 0 Å². The zero-order chi connectivity index (χ0) is 25.5. The predicted molar refractivity (Wildman–Crippen MR) is 154 cm³/mol. The normalized spacial score (nSPS) is 12.8. The summed E-state index contributed by atoms with van der Waals surface area (Å²) in [6.45, 7) is 1.01. The summed E-state index contributed by atoms with van der Waals surface area (Å²) < 4.78 is 11.3. The van der Waals surface area contributed by atoms with E-state index in [0.29, 0.717) is 35.5 Å². The molecule has 8 heteroatoms. The standard InChI is InChI=1S/C29H25N3O3S2/c33-28(30-23-14-15-25-26(19-23)35-17-16-34-25)27(20-8-3-1-4-9-20)37-24-13-7-12-22(18-24)32-29(36)31-21-10-5-2-6-11-21/h1-15,18-19,27H,16-17H2,(H,30,33)(H2,31,32,36). The number of para-hydroxylation sites is 1. The van der Waals surface area contributed by atoms with E-state index in [2.05, 4.69) is 16.0 Å². The summed E-state index contributed by atoms with van der Waals surface area (Å²) in [5, 5.41) is 9.46. The van der Waals surface area contributed by atoms with Gasteiger partial charge in [0.2, 0.25) is 5.91 Å². The molecule has 0 radical (unpaired) electrons. The summed E-state index contributed by atoms with van der Waals surface area (Å²) >= 11 is 6.94. The molecule has 1 unspecified atom stereocenters. The first-order valence-corrected chi connectivity index (χ1v) is 13.1. The molecule has 0 saturated carbocycles. The number of nitrogens with one attached hydrogen (secondary N) is 3. The van der Waals surface area contributed by atoms with Gasteiger partial charge in [0.1, 0.15) is 18.5 Å². The molecular weight excluding hydrogens is 502 g/mol. The van der Waals surface area contributed by atoms with Gasteiger partial charge in [0, 0.05) is 28.0 Å². The maximum absolute atomic E-state index is 13.5. The van der Waals surface area contributed by atoms with E-state index in [9.17, 15) is 4.79 Å². The first-order valence-electron chi connectivity index (χ1n) is 11.8. The average molecular weight is 528 g/mol. The molecule has 0 aromatic heterocycles. The van der Waals surface area contributed by atoms with Gasteiger partial charge in [0.05, 0.1) is 0 Å². The van der Waals surface area contributed by atoms with E-state index in [4.69, 9.17) is 21.7 Å². The van der Waals surface area contributed by atoms with E-state index in [1.165, 1.54) is 11.8 Å². The van der Waals surface area contributed by atoms with Gasteiger partial charge in [-0.3, -0.25) is 4.79 Å². The molecule has 6 nitrogen and oxygen atoms in total. The van der Waals surface area contributed by atoms with E-state index in [1.54, 1.807) is 6.07 Å². The fourth-order valence-corrected chi connectivity index (χ4v) is 5.15. The Labute approximate surface area is 225 Å². The van der Waals surface area contributed by atoms with E-state index in [0.717, 1.165) is 21.8 Å². The highest BCUT2D eigenvalue weighted by Gasteiger charge is 2.23. The van der Waals surface area contributed by atoms with Crippen LogP contribution in [0.25, 0.3) is 0 Å². The fraction of sp³-hybridized carbons (Fsp3) is 0.103. The summed E-state index contributed by atoms with van der Waals surface area (Å²) in [5.41, 5.74) is 3.30. The van der Waals surface area contributed by atoms with Crippen molar-refractivity contribution >= 4 is 52.1 Å². The highest BCUT2D eigenvalue weighted by atomic mass is 32.2. The van der Waals surface area contributed by atoms with Crippen molar-refractivity contribution in [3.05, 3.63) is 109 Å². The van der Waals surface area contributed by atoms with Crippen LogP contribution in [0.1, 0.15) is 10.8 Å². The second-order valence-electron chi connectivity index (χ2n) is 8.23. The second kappa shape index (κ2) is 11.8. The van der Waals surface area contributed by atoms with Crippen molar-refractivity contribution in [3.8, 4) is 11.5 Å². The number of benzene rings is 4. The van der Waals surface area contributed by atoms with Gasteiger partial charge in [-0.1, -0.05) is 54.6 Å². The number of ether oxygens (including phenoxy) is 2. The Hall–Kier alpha value is -4.01. The number of hydrogen-bond donors (Lipinski definition) is 3. The van der Waals surface area contributed by atoms with Gasteiger partial charge in [-0.05, 0) is 60.2 Å². The number of fused-ring (bicyclic) bond motifs is 1. The predicted octanol–water partition coefficient (Wildman–Crippen LogP) is 6.74. The van der Waals surface area contributed by atoms with Gasteiger partial charge >= 0.3 is 0 Å². The van der Waals surface area contributed by atoms with Crippen LogP contribution in [0.2, 0.25) is 0 Å². The molecule has 1 aliphatic heterocycles. The van der Waals surface area contributed by atoms with Gasteiger partial charge in [-0.15, -0.1) is 11.8 Å². The molecule has 0 aliphatic carbocycles. The Bertz CT molecular complexity index is 1380. The third-order valence-corrected chi connectivity index (χ3v) is 6.98. The van der Waals surface area contributed by atoms with E-state index >= 15 is 0 Å². The third-order valence-electron chi connectivity index (χ3n) is 5.53. The monoisotopic (exact) mass is 527 g/mol. The largest absolute Gasteiger partial charge is 0.486 e. The smallest absolute Gasteiger partial charge is 0.242 e. The zero-order valence-corrected chi connectivity index (χ0v) is 21.5. The van der Waals surface area contributed by atoms with Crippen LogP contribution >= 0.6 is 24.0 Å². The first kappa shape index (κ1) is 24.7. The Balaban J connectivity index is 1.31. The third kappa shape index (κ3) is 6.61. The molecule has 1 amide bonds. The van der Waals surface area contributed by atoms with Gasteiger partial charge in [0.25, 0.3) is 0 Å². The van der Waals surface area contributed by atoms with Crippen LogP contribution in [-0.4, -0.2) is 24.2 Å². The highest BCUT2D eigenvalue weighted by Crippen LogP contribution is 2.38.